The number of amides is 1. The molecule has 82 valence electrons. The molecule has 0 aromatic heterocycles. The van der Waals surface area contributed by atoms with E-state index in [1.807, 2.05) is 0 Å². The van der Waals surface area contributed by atoms with E-state index in [1.54, 1.807) is 13.8 Å². The Morgan fingerprint density at radius 3 is 1.64 bits per heavy atom. The summed E-state index contributed by atoms with van der Waals surface area (Å²) in [5.74, 6) is -2.00. The second kappa shape index (κ2) is 9.50. The van der Waals surface area contributed by atoms with Gasteiger partial charge in [-0.05, 0) is 0 Å². The van der Waals surface area contributed by atoms with E-state index in [-0.39, 0.29) is 18.9 Å². The molecular formula is C8H15NO5. The van der Waals surface area contributed by atoms with Gasteiger partial charge in [0.15, 0.2) is 0 Å². The van der Waals surface area contributed by atoms with Crippen molar-refractivity contribution in [1.29, 1.82) is 0 Å². The van der Waals surface area contributed by atoms with Crippen LogP contribution >= 0.6 is 0 Å². The predicted octanol–water partition coefficient (Wildman–Crippen LogP) is 0.0782. The summed E-state index contributed by atoms with van der Waals surface area (Å²) in [6.45, 7) is 2.98. The lowest BCUT2D eigenvalue weighted by atomic mass is 10.4. The van der Waals surface area contributed by atoms with E-state index >= 15 is 0 Å². The molecule has 0 saturated carbocycles. The summed E-state index contributed by atoms with van der Waals surface area (Å²) in [5, 5.41) is 18.0. The Morgan fingerprint density at radius 1 is 1.00 bits per heavy atom. The number of carboxylic acid groups (broad SMARTS) is 2. The Bertz CT molecular complexity index is 202. The van der Waals surface area contributed by atoms with Crippen LogP contribution in [0.3, 0.4) is 0 Å². The molecule has 0 aromatic carbocycles. The zero-order valence-electron chi connectivity index (χ0n) is 8.24. The molecule has 0 bridgehead atoms. The molecule has 6 nitrogen and oxygen atoms in total. The van der Waals surface area contributed by atoms with Gasteiger partial charge in [0, 0.05) is 12.8 Å². The maximum Gasteiger partial charge on any atom is 0.322 e. The van der Waals surface area contributed by atoms with E-state index in [0.717, 1.165) is 0 Å². The summed E-state index contributed by atoms with van der Waals surface area (Å²) in [4.78, 5) is 29.5. The molecule has 1 amide bonds. The molecule has 0 saturated heterocycles. The summed E-state index contributed by atoms with van der Waals surface area (Å²) in [6.07, 6.45) is 0.549. The van der Waals surface area contributed by atoms with Crippen molar-refractivity contribution in [3.8, 4) is 0 Å². The molecule has 6 heteroatoms. The summed E-state index contributed by atoms with van der Waals surface area (Å²) >= 11 is 0. The summed E-state index contributed by atoms with van der Waals surface area (Å²) in [7, 11) is 0. The minimum Gasteiger partial charge on any atom is -0.481 e. The lowest BCUT2D eigenvalue weighted by Crippen LogP contribution is -2.28. The topological polar surface area (TPSA) is 104 Å². The van der Waals surface area contributed by atoms with Gasteiger partial charge in [-0.1, -0.05) is 13.8 Å². The van der Waals surface area contributed by atoms with E-state index in [2.05, 4.69) is 5.32 Å². The van der Waals surface area contributed by atoms with Crippen LogP contribution < -0.4 is 5.32 Å². The van der Waals surface area contributed by atoms with Crippen LogP contribution in [-0.4, -0.2) is 34.6 Å². The average molecular weight is 205 g/mol. The fraction of sp³-hybridized carbons (Fsp3) is 0.625. The smallest absolute Gasteiger partial charge is 0.322 e. The third-order valence-electron chi connectivity index (χ3n) is 1.06. The molecule has 14 heavy (non-hydrogen) atoms. The second-order valence-electron chi connectivity index (χ2n) is 2.27. The van der Waals surface area contributed by atoms with Crippen LogP contribution in [0.5, 0.6) is 0 Å². The Kier molecular flexibility index (Phi) is 10.1. The molecule has 0 heterocycles. The summed E-state index contributed by atoms with van der Waals surface area (Å²) < 4.78 is 0. The molecule has 0 aliphatic carbocycles. The van der Waals surface area contributed by atoms with Crippen LogP contribution in [-0.2, 0) is 14.4 Å². The SMILES string of the molecule is CCC(=O)NCC(=O)O.CCC(=O)O. The maximum absolute atomic E-state index is 10.3. The van der Waals surface area contributed by atoms with Gasteiger partial charge < -0.3 is 15.5 Å². The molecule has 0 aliphatic rings. The molecule has 0 aliphatic heterocycles. The number of nitrogens with one attached hydrogen (secondary N) is 1. The Hall–Kier alpha value is -1.59. The van der Waals surface area contributed by atoms with Crippen molar-refractivity contribution in [2.75, 3.05) is 6.54 Å². The first-order chi connectivity index (χ1) is 6.43. The number of carbonyl (C=O) groups excluding carboxylic acids is 1. The van der Waals surface area contributed by atoms with E-state index in [1.165, 1.54) is 0 Å². The minimum absolute atomic E-state index is 0.222. The van der Waals surface area contributed by atoms with E-state index in [0.29, 0.717) is 6.42 Å². The lowest BCUT2D eigenvalue weighted by molar-refractivity contribution is -0.138. The molecule has 0 aromatic rings. The van der Waals surface area contributed by atoms with Gasteiger partial charge in [0.25, 0.3) is 0 Å². The van der Waals surface area contributed by atoms with Gasteiger partial charge in [-0.25, -0.2) is 0 Å². The number of hydrogen-bond donors (Lipinski definition) is 3. The number of carbonyl (C=O) groups is 3. The van der Waals surface area contributed by atoms with Gasteiger partial charge in [0.05, 0.1) is 0 Å². The van der Waals surface area contributed by atoms with Crippen LogP contribution in [0.15, 0.2) is 0 Å². The highest BCUT2D eigenvalue weighted by molar-refractivity contribution is 5.80. The first-order valence-electron chi connectivity index (χ1n) is 4.14. The Morgan fingerprint density at radius 2 is 1.43 bits per heavy atom. The fourth-order valence-electron chi connectivity index (χ4n) is 0.299. The van der Waals surface area contributed by atoms with Crippen molar-refractivity contribution >= 4 is 17.8 Å². The molecular weight excluding hydrogens is 190 g/mol. The molecule has 3 N–H and O–H groups in total. The van der Waals surface area contributed by atoms with Crippen molar-refractivity contribution < 1.29 is 24.6 Å². The number of aliphatic carboxylic acids is 2. The average Bonchev–Trinajstić information content (AvgIpc) is 2.14. The summed E-state index contributed by atoms with van der Waals surface area (Å²) in [5.41, 5.74) is 0. The van der Waals surface area contributed by atoms with Gasteiger partial charge in [-0.3, -0.25) is 14.4 Å². The standard InChI is InChI=1S/C5H9NO3.C3H6O2/c1-2-4(7)6-3-5(8)9;1-2-3(4)5/h2-3H2,1H3,(H,6,7)(H,8,9);2H2,1H3,(H,4,5). The molecule has 0 radical (unpaired) electrons. The van der Waals surface area contributed by atoms with Crippen LogP contribution in [0.2, 0.25) is 0 Å². The van der Waals surface area contributed by atoms with E-state index in [9.17, 15) is 14.4 Å². The van der Waals surface area contributed by atoms with E-state index in [4.69, 9.17) is 10.2 Å². The molecule has 0 rings (SSSR count). The Labute approximate surface area is 81.9 Å². The van der Waals surface area contributed by atoms with Crippen molar-refractivity contribution in [3.05, 3.63) is 0 Å². The van der Waals surface area contributed by atoms with Gasteiger partial charge in [0.2, 0.25) is 5.91 Å². The Balaban J connectivity index is 0. The number of hydrogen-bond acceptors (Lipinski definition) is 3. The van der Waals surface area contributed by atoms with Crippen LogP contribution in [0.25, 0.3) is 0 Å². The van der Waals surface area contributed by atoms with Gasteiger partial charge >= 0.3 is 11.9 Å². The van der Waals surface area contributed by atoms with Crippen LogP contribution in [0, 0.1) is 0 Å². The van der Waals surface area contributed by atoms with Gasteiger partial charge in [0.1, 0.15) is 6.54 Å². The van der Waals surface area contributed by atoms with Crippen molar-refractivity contribution in [2.45, 2.75) is 26.7 Å². The van der Waals surface area contributed by atoms with E-state index < -0.39 is 11.9 Å². The fourth-order valence-corrected chi connectivity index (χ4v) is 0.299. The van der Waals surface area contributed by atoms with Crippen LogP contribution in [0.4, 0.5) is 0 Å². The van der Waals surface area contributed by atoms with Crippen molar-refractivity contribution in [1.82, 2.24) is 5.32 Å². The maximum atomic E-state index is 10.3. The first kappa shape index (κ1) is 14.9. The van der Waals surface area contributed by atoms with Crippen molar-refractivity contribution in [3.63, 3.8) is 0 Å². The molecule has 0 fully saturated rings. The quantitative estimate of drug-likeness (QED) is 0.602. The largest absolute Gasteiger partial charge is 0.481 e. The summed E-state index contributed by atoms with van der Waals surface area (Å²) in [6, 6.07) is 0. The lowest BCUT2D eigenvalue weighted by Gasteiger charge is -1.95. The molecule has 0 atom stereocenters. The van der Waals surface area contributed by atoms with Gasteiger partial charge in [-0.15, -0.1) is 0 Å². The third kappa shape index (κ3) is 16.8. The highest BCUT2D eigenvalue weighted by atomic mass is 16.4. The zero-order valence-corrected chi connectivity index (χ0v) is 8.24. The monoisotopic (exact) mass is 205 g/mol. The first-order valence-corrected chi connectivity index (χ1v) is 4.14. The molecule has 0 spiro atoms. The predicted molar refractivity (Wildman–Crippen MR) is 48.9 cm³/mol. The highest BCUT2D eigenvalue weighted by Gasteiger charge is 1.98. The normalized spacial score (nSPS) is 8.14. The number of rotatable bonds is 4. The third-order valence-corrected chi connectivity index (χ3v) is 1.06. The second-order valence-corrected chi connectivity index (χ2v) is 2.27. The zero-order chi connectivity index (χ0) is 11.6. The van der Waals surface area contributed by atoms with Crippen LogP contribution in [0.1, 0.15) is 26.7 Å². The minimum atomic E-state index is -1.02. The highest BCUT2D eigenvalue weighted by Crippen LogP contribution is 1.72. The number of carboxylic acids is 2. The molecule has 0 unspecified atom stereocenters. The van der Waals surface area contributed by atoms with Gasteiger partial charge in [-0.2, -0.15) is 0 Å². The van der Waals surface area contributed by atoms with Crippen molar-refractivity contribution in [2.24, 2.45) is 0 Å².